The molecule has 0 saturated carbocycles. The van der Waals surface area contributed by atoms with Crippen LogP contribution in [0.1, 0.15) is 43.2 Å². The number of aromatic nitrogens is 2. The summed E-state index contributed by atoms with van der Waals surface area (Å²) in [7, 11) is 0. The topological polar surface area (TPSA) is 87.9 Å². The van der Waals surface area contributed by atoms with Crippen LogP contribution in [0.3, 0.4) is 0 Å². The summed E-state index contributed by atoms with van der Waals surface area (Å²) in [6.07, 6.45) is 4.03. The Morgan fingerprint density at radius 2 is 1.94 bits per heavy atom. The van der Waals surface area contributed by atoms with E-state index in [0.29, 0.717) is 23.9 Å². The van der Waals surface area contributed by atoms with Gasteiger partial charge in [0.05, 0.1) is 12.4 Å². The van der Waals surface area contributed by atoms with E-state index in [1.54, 1.807) is 48.8 Å². The SMILES string of the molecule is CC1=C(c2cccc(O)c2)C(c2cnc(OCCN3CC[C@@H](C)C3)cn2)Oc2ccc(O)cc21. The molecule has 5 rings (SSSR count). The highest BCUT2D eigenvalue weighted by Gasteiger charge is 2.31. The quantitative estimate of drug-likeness (QED) is 0.554. The third-order valence-electron chi connectivity index (χ3n) is 6.52. The largest absolute Gasteiger partial charge is 0.508 e. The van der Waals surface area contributed by atoms with Gasteiger partial charge in [-0.2, -0.15) is 0 Å². The van der Waals surface area contributed by atoms with E-state index >= 15 is 0 Å². The van der Waals surface area contributed by atoms with Crippen molar-refractivity contribution < 1.29 is 19.7 Å². The van der Waals surface area contributed by atoms with Crippen molar-refractivity contribution in [3.05, 3.63) is 71.7 Å². The second kappa shape index (κ2) is 9.35. The van der Waals surface area contributed by atoms with Crippen molar-refractivity contribution in [1.29, 1.82) is 0 Å². The molecule has 0 radical (unpaired) electrons. The van der Waals surface area contributed by atoms with Crippen LogP contribution in [-0.2, 0) is 0 Å². The van der Waals surface area contributed by atoms with E-state index in [-0.39, 0.29) is 11.5 Å². The van der Waals surface area contributed by atoms with Crippen molar-refractivity contribution in [1.82, 2.24) is 14.9 Å². The number of phenols is 2. The molecule has 7 heteroatoms. The summed E-state index contributed by atoms with van der Waals surface area (Å²) in [6, 6.07) is 12.1. The molecule has 7 nitrogen and oxygen atoms in total. The first-order valence-corrected chi connectivity index (χ1v) is 11.7. The van der Waals surface area contributed by atoms with Crippen molar-refractivity contribution in [2.24, 2.45) is 5.92 Å². The van der Waals surface area contributed by atoms with Gasteiger partial charge in [-0.05, 0) is 67.3 Å². The van der Waals surface area contributed by atoms with Crippen LogP contribution in [0, 0.1) is 5.92 Å². The van der Waals surface area contributed by atoms with Gasteiger partial charge in [-0.1, -0.05) is 19.1 Å². The van der Waals surface area contributed by atoms with Crippen LogP contribution in [0.2, 0.25) is 0 Å². The number of likely N-dealkylation sites (tertiary alicyclic amines) is 1. The third kappa shape index (κ3) is 4.56. The first-order chi connectivity index (χ1) is 16.5. The molecule has 0 aliphatic carbocycles. The Hall–Kier alpha value is -3.58. The lowest BCUT2D eigenvalue weighted by atomic mass is 9.87. The Morgan fingerprint density at radius 3 is 2.68 bits per heavy atom. The number of hydrogen-bond acceptors (Lipinski definition) is 7. The summed E-state index contributed by atoms with van der Waals surface area (Å²) in [5.41, 5.74) is 4.06. The summed E-state index contributed by atoms with van der Waals surface area (Å²) >= 11 is 0. The molecular formula is C27H29N3O4. The molecule has 3 heterocycles. The fraction of sp³-hybridized carbons (Fsp3) is 0.333. The molecule has 2 aliphatic heterocycles. The smallest absolute Gasteiger partial charge is 0.232 e. The van der Waals surface area contributed by atoms with Crippen LogP contribution < -0.4 is 9.47 Å². The Bertz CT molecular complexity index is 1210. The van der Waals surface area contributed by atoms with Gasteiger partial charge in [0.2, 0.25) is 5.88 Å². The van der Waals surface area contributed by atoms with E-state index in [1.807, 2.05) is 13.0 Å². The zero-order valence-electron chi connectivity index (χ0n) is 19.4. The molecule has 3 aromatic rings. The maximum atomic E-state index is 10.1. The molecule has 1 unspecified atom stereocenters. The molecule has 1 saturated heterocycles. The molecule has 1 aromatic heterocycles. The minimum Gasteiger partial charge on any atom is -0.508 e. The molecule has 0 spiro atoms. The van der Waals surface area contributed by atoms with Crippen LogP contribution in [0.25, 0.3) is 11.1 Å². The average Bonchev–Trinajstić information content (AvgIpc) is 3.25. The normalized spacial score (nSPS) is 20.2. The number of ether oxygens (including phenoxy) is 2. The maximum absolute atomic E-state index is 10.1. The van der Waals surface area contributed by atoms with E-state index in [0.717, 1.165) is 47.8 Å². The Morgan fingerprint density at radius 1 is 1.09 bits per heavy atom. The summed E-state index contributed by atoms with van der Waals surface area (Å²) < 4.78 is 12.2. The van der Waals surface area contributed by atoms with Crippen molar-refractivity contribution >= 4 is 11.1 Å². The monoisotopic (exact) mass is 459 g/mol. The second-order valence-corrected chi connectivity index (χ2v) is 9.09. The molecule has 0 amide bonds. The summed E-state index contributed by atoms with van der Waals surface area (Å²) in [6.45, 7) is 7.96. The van der Waals surface area contributed by atoms with Crippen molar-refractivity contribution in [3.8, 4) is 23.1 Å². The molecule has 176 valence electrons. The van der Waals surface area contributed by atoms with E-state index in [1.165, 1.54) is 6.42 Å². The van der Waals surface area contributed by atoms with Crippen molar-refractivity contribution in [3.63, 3.8) is 0 Å². The molecular weight excluding hydrogens is 430 g/mol. The highest BCUT2D eigenvalue weighted by Crippen LogP contribution is 2.47. The van der Waals surface area contributed by atoms with E-state index in [4.69, 9.17) is 9.47 Å². The van der Waals surface area contributed by atoms with E-state index in [9.17, 15) is 10.2 Å². The van der Waals surface area contributed by atoms with Crippen LogP contribution >= 0.6 is 0 Å². The van der Waals surface area contributed by atoms with Gasteiger partial charge >= 0.3 is 0 Å². The standard InChI is InChI=1S/C27H29N3O4/c1-17-8-9-30(16-17)10-11-33-25-15-28-23(14-29-25)27-26(19-4-3-5-20(31)12-19)18(2)22-13-21(32)6-7-24(22)34-27/h3-7,12-15,17,27,31-32H,8-11,16H2,1-2H3/t17-,27?/m1/s1. The number of fused-ring (bicyclic) bond motifs is 1. The first kappa shape index (κ1) is 22.2. The van der Waals surface area contributed by atoms with Crippen LogP contribution in [0.5, 0.6) is 23.1 Å². The Balaban J connectivity index is 1.40. The van der Waals surface area contributed by atoms with Crippen LogP contribution in [0.4, 0.5) is 0 Å². The minimum absolute atomic E-state index is 0.167. The van der Waals surface area contributed by atoms with Gasteiger partial charge in [0.25, 0.3) is 0 Å². The summed E-state index contributed by atoms with van der Waals surface area (Å²) in [4.78, 5) is 11.5. The average molecular weight is 460 g/mol. The molecule has 2 atom stereocenters. The highest BCUT2D eigenvalue weighted by molar-refractivity contribution is 5.95. The van der Waals surface area contributed by atoms with Crippen molar-refractivity contribution in [2.45, 2.75) is 26.4 Å². The predicted octanol–water partition coefficient (Wildman–Crippen LogP) is 4.67. The molecule has 0 bridgehead atoms. The number of benzene rings is 2. The second-order valence-electron chi connectivity index (χ2n) is 9.09. The number of hydrogen-bond donors (Lipinski definition) is 2. The fourth-order valence-corrected chi connectivity index (χ4v) is 4.74. The van der Waals surface area contributed by atoms with Crippen LogP contribution in [-0.4, -0.2) is 51.3 Å². The first-order valence-electron chi connectivity index (χ1n) is 11.7. The Kier molecular flexibility index (Phi) is 6.11. The fourth-order valence-electron chi connectivity index (χ4n) is 4.74. The van der Waals surface area contributed by atoms with Crippen molar-refractivity contribution in [2.75, 3.05) is 26.2 Å². The minimum atomic E-state index is -0.522. The van der Waals surface area contributed by atoms with Gasteiger partial charge in [0.1, 0.15) is 29.5 Å². The zero-order chi connectivity index (χ0) is 23.7. The van der Waals surface area contributed by atoms with Gasteiger partial charge in [0.15, 0.2) is 6.10 Å². The number of aromatic hydroxyl groups is 2. The zero-order valence-corrected chi connectivity index (χ0v) is 19.4. The lowest BCUT2D eigenvalue weighted by Crippen LogP contribution is -2.26. The van der Waals surface area contributed by atoms with E-state index in [2.05, 4.69) is 21.8 Å². The molecule has 2 N–H and O–H groups in total. The molecule has 34 heavy (non-hydrogen) atoms. The van der Waals surface area contributed by atoms with Gasteiger partial charge in [-0.3, -0.25) is 4.90 Å². The number of allylic oxidation sites excluding steroid dienone is 1. The lowest BCUT2D eigenvalue weighted by Gasteiger charge is -2.30. The van der Waals surface area contributed by atoms with Gasteiger partial charge in [-0.15, -0.1) is 0 Å². The predicted molar refractivity (Wildman–Crippen MR) is 130 cm³/mol. The van der Waals surface area contributed by atoms with Gasteiger partial charge < -0.3 is 19.7 Å². The summed E-state index contributed by atoms with van der Waals surface area (Å²) in [5.74, 6) is 2.23. The number of phenolic OH excluding ortho intramolecular Hbond substituents is 2. The lowest BCUT2D eigenvalue weighted by molar-refractivity contribution is 0.226. The van der Waals surface area contributed by atoms with Gasteiger partial charge in [-0.25, -0.2) is 9.97 Å². The molecule has 2 aromatic carbocycles. The maximum Gasteiger partial charge on any atom is 0.232 e. The van der Waals surface area contributed by atoms with Crippen LogP contribution in [0.15, 0.2) is 54.9 Å². The molecule has 2 aliphatic rings. The molecule has 1 fully saturated rings. The summed E-state index contributed by atoms with van der Waals surface area (Å²) in [5, 5.41) is 20.1. The third-order valence-corrected chi connectivity index (χ3v) is 6.52. The van der Waals surface area contributed by atoms with E-state index < -0.39 is 6.10 Å². The highest BCUT2D eigenvalue weighted by atomic mass is 16.5. The van der Waals surface area contributed by atoms with Gasteiger partial charge in [0, 0.05) is 24.2 Å². The Labute approximate surface area is 199 Å². The number of nitrogens with zero attached hydrogens (tertiary/aromatic N) is 3. The number of rotatable bonds is 6.